The molecule has 1 atom stereocenters. The number of likely N-dealkylation sites (tertiary alicyclic amines) is 1. The maximum Gasteiger partial charge on any atom is 0.320 e. The Bertz CT molecular complexity index is 653. The summed E-state index contributed by atoms with van der Waals surface area (Å²) >= 11 is 0. The molecule has 0 amide bonds. The molecule has 3 heteroatoms. The quantitative estimate of drug-likeness (QED) is 0.824. The first-order chi connectivity index (χ1) is 12.1. The van der Waals surface area contributed by atoms with E-state index in [1.165, 1.54) is 0 Å². The SMILES string of the molecule is CC(C)CC(N1CCC1)C(C(=O)O)(c1ccccc1)c1ccccc1. The minimum absolute atomic E-state index is 0.0523. The molecule has 1 aliphatic heterocycles. The Morgan fingerprint density at radius 2 is 1.48 bits per heavy atom. The van der Waals surface area contributed by atoms with Crippen molar-refractivity contribution in [1.29, 1.82) is 0 Å². The van der Waals surface area contributed by atoms with E-state index in [-0.39, 0.29) is 6.04 Å². The second-order valence-corrected chi connectivity index (χ2v) is 7.38. The standard InChI is InChI=1S/C22H27NO2/c1-17(2)16-20(23-14-9-15-23)22(21(24)25,18-10-5-3-6-11-18)19-12-7-4-8-13-19/h3-8,10-13,17,20H,9,14-16H2,1-2H3,(H,24,25). The van der Waals surface area contributed by atoms with Gasteiger partial charge in [0.05, 0.1) is 0 Å². The lowest BCUT2D eigenvalue weighted by Crippen LogP contribution is -2.60. The molecule has 0 saturated carbocycles. The van der Waals surface area contributed by atoms with Crippen molar-refractivity contribution in [3.8, 4) is 0 Å². The topological polar surface area (TPSA) is 40.5 Å². The minimum Gasteiger partial charge on any atom is -0.480 e. The summed E-state index contributed by atoms with van der Waals surface area (Å²) in [5, 5.41) is 10.6. The van der Waals surface area contributed by atoms with Gasteiger partial charge in [-0.1, -0.05) is 74.5 Å². The number of carbonyl (C=O) groups is 1. The average molecular weight is 337 g/mol. The molecule has 1 saturated heterocycles. The third kappa shape index (κ3) is 3.21. The van der Waals surface area contributed by atoms with Gasteiger partial charge in [0, 0.05) is 6.04 Å². The normalized spacial score (nSPS) is 16.4. The Morgan fingerprint density at radius 1 is 1.00 bits per heavy atom. The largest absolute Gasteiger partial charge is 0.480 e. The molecule has 0 bridgehead atoms. The molecule has 1 fully saturated rings. The Kier molecular flexibility index (Phi) is 5.24. The summed E-state index contributed by atoms with van der Waals surface area (Å²) in [6.07, 6.45) is 2.00. The van der Waals surface area contributed by atoms with Crippen LogP contribution in [0.2, 0.25) is 0 Å². The van der Waals surface area contributed by atoms with Gasteiger partial charge in [-0.05, 0) is 43.0 Å². The highest BCUT2D eigenvalue weighted by molar-refractivity contribution is 5.87. The van der Waals surface area contributed by atoms with E-state index in [9.17, 15) is 9.90 Å². The fourth-order valence-corrected chi connectivity index (χ4v) is 4.04. The summed E-state index contributed by atoms with van der Waals surface area (Å²) in [5.74, 6) is -0.334. The van der Waals surface area contributed by atoms with E-state index < -0.39 is 11.4 Å². The molecule has 3 nitrogen and oxygen atoms in total. The molecule has 3 rings (SSSR count). The highest BCUT2D eigenvalue weighted by Gasteiger charge is 2.52. The van der Waals surface area contributed by atoms with E-state index in [0.29, 0.717) is 5.92 Å². The van der Waals surface area contributed by atoms with Crippen LogP contribution in [-0.2, 0) is 10.2 Å². The predicted molar refractivity (Wildman–Crippen MR) is 101 cm³/mol. The summed E-state index contributed by atoms with van der Waals surface area (Å²) < 4.78 is 0. The first kappa shape index (κ1) is 17.7. The van der Waals surface area contributed by atoms with Crippen molar-refractivity contribution in [1.82, 2.24) is 4.90 Å². The first-order valence-electron chi connectivity index (χ1n) is 9.15. The zero-order valence-electron chi connectivity index (χ0n) is 15.1. The van der Waals surface area contributed by atoms with Crippen LogP contribution in [-0.4, -0.2) is 35.1 Å². The van der Waals surface area contributed by atoms with Crippen LogP contribution in [0.5, 0.6) is 0 Å². The molecule has 132 valence electrons. The third-order valence-corrected chi connectivity index (χ3v) is 5.32. The first-order valence-corrected chi connectivity index (χ1v) is 9.15. The molecule has 25 heavy (non-hydrogen) atoms. The van der Waals surface area contributed by atoms with E-state index >= 15 is 0 Å². The molecule has 1 unspecified atom stereocenters. The summed E-state index contributed by atoms with van der Waals surface area (Å²) in [4.78, 5) is 15.2. The molecule has 1 aliphatic rings. The molecule has 1 heterocycles. The lowest BCUT2D eigenvalue weighted by atomic mass is 9.66. The summed E-state index contributed by atoms with van der Waals surface area (Å²) in [6, 6.07) is 19.5. The average Bonchev–Trinajstić information content (AvgIpc) is 2.55. The predicted octanol–water partition coefficient (Wildman–Crippen LogP) is 4.18. The number of carboxylic acid groups (broad SMARTS) is 1. The van der Waals surface area contributed by atoms with Gasteiger partial charge in [0.15, 0.2) is 0 Å². The second-order valence-electron chi connectivity index (χ2n) is 7.38. The Balaban J connectivity index is 2.24. The molecular weight excluding hydrogens is 310 g/mol. The van der Waals surface area contributed by atoms with Crippen LogP contribution in [0.3, 0.4) is 0 Å². The van der Waals surface area contributed by atoms with Crippen molar-refractivity contribution in [2.45, 2.75) is 38.1 Å². The molecule has 2 aromatic carbocycles. The molecular formula is C22H27NO2. The molecule has 0 aromatic heterocycles. The number of hydrogen-bond acceptors (Lipinski definition) is 2. The van der Waals surface area contributed by atoms with Crippen LogP contribution in [0.4, 0.5) is 0 Å². The number of rotatable bonds is 7. The van der Waals surface area contributed by atoms with Crippen LogP contribution in [0.25, 0.3) is 0 Å². The fourth-order valence-electron chi connectivity index (χ4n) is 4.04. The third-order valence-electron chi connectivity index (χ3n) is 5.32. The van der Waals surface area contributed by atoms with E-state index in [1.54, 1.807) is 0 Å². The van der Waals surface area contributed by atoms with Crippen molar-refractivity contribution in [2.75, 3.05) is 13.1 Å². The van der Waals surface area contributed by atoms with E-state index in [1.807, 2.05) is 60.7 Å². The van der Waals surface area contributed by atoms with E-state index in [0.717, 1.165) is 37.1 Å². The van der Waals surface area contributed by atoms with Crippen LogP contribution in [0.15, 0.2) is 60.7 Å². The lowest BCUT2D eigenvalue weighted by Gasteiger charge is -2.48. The summed E-state index contributed by atoms with van der Waals surface area (Å²) in [7, 11) is 0. The van der Waals surface area contributed by atoms with Crippen molar-refractivity contribution < 1.29 is 9.90 Å². The van der Waals surface area contributed by atoms with Gasteiger partial charge in [0.2, 0.25) is 0 Å². The zero-order valence-corrected chi connectivity index (χ0v) is 15.1. The summed E-state index contributed by atoms with van der Waals surface area (Å²) in [6.45, 7) is 6.31. The van der Waals surface area contributed by atoms with E-state index in [2.05, 4.69) is 18.7 Å². The fraction of sp³-hybridized carbons (Fsp3) is 0.409. The molecule has 2 aromatic rings. The monoisotopic (exact) mass is 337 g/mol. The van der Waals surface area contributed by atoms with Crippen molar-refractivity contribution in [3.63, 3.8) is 0 Å². The van der Waals surface area contributed by atoms with Gasteiger partial charge in [0.1, 0.15) is 5.41 Å². The number of carboxylic acids is 1. The van der Waals surface area contributed by atoms with Gasteiger partial charge < -0.3 is 5.11 Å². The number of nitrogens with zero attached hydrogens (tertiary/aromatic N) is 1. The van der Waals surface area contributed by atoms with Gasteiger partial charge in [-0.2, -0.15) is 0 Å². The lowest BCUT2D eigenvalue weighted by molar-refractivity contribution is -0.146. The molecule has 1 N–H and O–H groups in total. The molecule has 0 radical (unpaired) electrons. The van der Waals surface area contributed by atoms with Crippen LogP contribution >= 0.6 is 0 Å². The van der Waals surface area contributed by atoms with Crippen molar-refractivity contribution in [2.24, 2.45) is 5.92 Å². The van der Waals surface area contributed by atoms with Crippen molar-refractivity contribution in [3.05, 3.63) is 71.8 Å². The van der Waals surface area contributed by atoms with Crippen LogP contribution in [0, 0.1) is 5.92 Å². The molecule has 0 spiro atoms. The second kappa shape index (κ2) is 7.40. The van der Waals surface area contributed by atoms with Crippen LogP contribution in [0.1, 0.15) is 37.8 Å². The van der Waals surface area contributed by atoms with Gasteiger partial charge >= 0.3 is 5.97 Å². The van der Waals surface area contributed by atoms with Crippen LogP contribution < -0.4 is 0 Å². The highest BCUT2D eigenvalue weighted by Crippen LogP contribution is 2.42. The van der Waals surface area contributed by atoms with Gasteiger partial charge in [-0.3, -0.25) is 9.69 Å². The highest BCUT2D eigenvalue weighted by atomic mass is 16.4. The van der Waals surface area contributed by atoms with Gasteiger partial charge in [-0.25, -0.2) is 0 Å². The zero-order chi connectivity index (χ0) is 17.9. The van der Waals surface area contributed by atoms with E-state index in [4.69, 9.17) is 0 Å². The maximum absolute atomic E-state index is 12.9. The molecule has 0 aliphatic carbocycles. The van der Waals surface area contributed by atoms with Crippen molar-refractivity contribution >= 4 is 5.97 Å². The summed E-state index contributed by atoms with van der Waals surface area (Å²) in [5.41, 5.74) is 0.685. The Morgan fingerprint density at radius 3 is 1.80 bits per heavy atom. The number of aliphatic carboxylic acids is 1. The smallest absolute Gasteiger partial charge is 0.320 e. The van der Waals surface area contributed by atoms with Gasteiger partial charge in [0.25, 0.3) is 0 Å². The Hall–Kier alpha value is -2.13. The Labute approximate surface area is 150 Å². The number of benzene rings is 2. The minimum atomic E-state index is -1.05. The number of hydrogen-bond donors (Lipinski definition) is 1. The van der Waals surface area contributed by atoms with Gasteiger partial charge in [-0.15, -0.1) is 0 Å². The maximum atomic E-state index is 12.9.